The second-order valence-electron chi connectivity index (χ2n) is 7.98. The van der Waals surface area contributed by atoms with Crippen LogP contribution in [-0.2, 0) is 17.8 Å². The fourth-order valence-corrected chi connectivity index (χ4v) is 3.94. The minimum Gasteiger partial charge on any atom is -0.426 e. The molecule has 0 atom stereocenters. The van der Waals surface area contributed by atoms with Gasteiger partial charge in [0.2, 0.25) is 0 Å². The Morgan fingerprint density at radius 1 is 0.800 bits per heavy atom. The maximum atomic E-state index is 12.6. The number of fused-ring (bicyclic) bond motifs is 1. The Labute approximate surface area is 180 Å². The topological polar surface area (TPSA) is 30.2 Å². The molecule has 0 unspecified atom stereocenters. The summed E-state index contributed by atoms with van der Waals surface area (Å²) in [7, 11) is 0. The van der Waals surface area contributed by atoms with Crippen molar-refractivity contribution in [1.29, 1.82) is 0 Å². The van der Waals surface area contributed by atoms with Crippen LogP contribution in [-0.4, -0.2) is 5.97 Å². The molecule has 0 aliphatic carbocycles. The first-order chi connectivity index (χ1) is 14.8. The van der Waals surface area contributed by atoms with E-state index in [-0.39, 0.29) is 12.4 Å². The van der Waals surface area contributed by atoms with Gasteiger partial charge in [0.05, 0.1) is 0 Å². The van der Waals surface area contributed by atoms with E-state index in [9.17, 15) is 4.79 Å². The number of aryl methyl sites for hydroxylation is 1. The molecule has 1 heterocycles. The zero-order valence-corrected chi connectivity index (χ0v) is 18.2. The van der Waals surface area contributed by atoms with Gasteiger partial charge < -0.3 is 4.74 Å². The van der Waals surface area contributed by atoms with Crippen molar-refractivity contribution in [3.63, 3.8) is 0 Å². The Morgan fingerprint density at radius 3 is 2.23 bits per heavy atom. The summed E-state index contributed by atoms with van der Waals surface area (Å²) < 4.78 is 7.80. The van der Waals surface area contributed by atoms with Crippen LogP contribution in [0.4, 0.5) is 0 Å². The van der Waals surface area contributed by atoms with Crippen LogP contribution in [0.5, 0.6) is 5.75 Å². The number of unbranched alkanes of at least 4 members (excludes halogenated alkanes) is 7. The molecule has 0 amide bonds. The Kier molecular flexibility index (Phi) is 8.89. The minimum atomic E-state index is -0.220. The van der Waals surface area contributed by atoms with E-state index in [1.807, 2.05) is 42.5 Å². The number of ether oxygens (including phenoxy) is 1. The van der Waals surface area contributed by atoms with Gasteiger partial charge in [0.25, 0.3) is 0 Å². The molecule has 0 saturated heterocycles. The van der Waals surface area contributed by atoms with E-state index in [0.717, 1.165) is 29.4 Å². The third-order valence-corrected chi connectivity index (χ3v) is 5.59. The van der Waals surface area contributed by atoms with Crippen molar-refractivity contribution < 1.29 is 14.1 Å². The summed E-state index contributed by atoms with van der Waals surface area (Å²) in [5.74, 6) is 0.375. The normalized spacial score (nSPS) is 11.0. The smallest absolute Gasteiger partial charge is 0.321 e. The predicted molar refractivity (Wildman–Crippen MR) is 123 cm³/mol. The molecule has 3 heteroatoms. The molecule has 0 N–H and O–H groups in total. The lowest BCUT2D eigenvalue weighted by atomic mass is 10.1. The Balaban J connectivity index is 1.63. The zero-order valence-electron chi connectivity index (χ0n) is 18.2. The monoisotopic (exact) mass is 404 g/mol. The fraction of sp³-hybridized carbons (Fsp3) is 0.407. The number of aromatic nitrogens is 1. The van der Waals surface area contributed by atoms with Crippen molar-refractivity contribution in [3.8, 4) is 5.75 Å². The van der Waals surface area contributed by atoms with Crippen molar-refractivity contribution in [2.75, 3.05) is 0 Å². The first-order valence-corrected chi connectivity index (χ1v) is 11.4. The van der Waals surface area contributed by atoms with Crippen molar-refractivity contribution in [2.24, 2.45) is 0 Å². The lowest BCUT2D eigenvalue weighted by molar-refractivity contribution is -0.702. The zero-order chi connectivity index (χ0) is 21.0. The predicted octanol–water partition coefficient (Wildman–Crippen LogP) is 6.42. The summed E-state index contributed by atoms with van der Waals surface area (Å²) >= 11 is 0. The largest absolute Gasteiger partial charge is 0.426 e. The van der Waals surface area contributed by atoms with Gasteiger partial charge in [-0.05, 0) is 30.0 Å². The number of hydrogen-bond acceptors (Lipinski definition) is 2. The van der Waals surface area contributed by atoms with Gasteiger partial charge in [0.1, 0.15) is 18.7 Å². The lowest BCUT2D eigenvalue weighted by Gasteiger charge is -2.08. The van der Waals surface area contributed by atoms with E-state index < -0.39 is 0 Å². The van der Waals surface area contributed by atoms with Crippen LogP contribution in [0.2, 0.25) is 0 Å². The standard InChI is InChI=1S/C27H34NO2/c1-2-3-4-5-6-7-8-14-20-28-21-19-23-15-12-13-18-25(23)26(28)22-27(29)30-24-16-10-9-11-17-24/h9-13,15-19,21H,2-8,14,20,22H2,1H3/q+1. The summed E-state index contributed by atoms with van der Waals surface area (Å²) in [5.41, 5.74) is 1.04. The van der Waals surface area contributed by atoms with E-state index >= 15 is 0 Å². The number of pyridine rings is 1. The van der Waals surface area contributed by atoms with Crippen LogP contribution in [0.25, 0.3) is 10.8 Å². The molecule has 3 aromatic rings. The van der Waals surface area contributed by atoms with E-state index in [0.29, 0.717) is 5.75 Å². The molecule has 2 aromatic carbocycles. The van der Waals surface area contributed by atoms with Crippen molar-refractivity contribution in [2.45, 2.75) is 71.3 Å². The molecule has 0 spiro atoms. The molecule has 1 aromatic heterocycles. The molecule has 0 aliphatic rings. The van der Waals surface area contributed by atoms with Gasteiger partial charge in [0.15, 0.2) is 11.9 Å². The van der Waals surface area contributed by atoms with Gasteiger partial charge in [-0.3, -0.25) is 4.79 Å². The Morgan fingerprint density at radius 2 is 1.47 bits per heavy atom. The van der Waals surface area contributed by atoms with Gasteiger partial charge in [-0.2, -0.15) is 0 Å². The summed E-state index contributed by atoms with van der Waals surface area (Å²) in [5, 5.41) is 2.29. The van der Waals surface area contributed by atoms with Crippen LogP contribution in [0, 0.1) is 0 Å². The summed E-state index contributed by atoms with van der Waals surface area (Å²) in [4.78, 5) is 12.6. The number of nitrogens with zero attached hydrogens (tertiary/aromatic N) is 1. The fourth-order valence-electron chi connectivity index (χ4n) is 3.94. The van der Waals surface area contributed by atoms with Gasteiger partial charge >= 0.3 is 5.97 Å². The minimum absolute atomic E-state index is 0.220. The second kappa shape index (κ2) is 12.1. The van der Waals surface area contributed by atoms with Gasteiger partial charge in [-0.25, -0.2) is 4.57 Å². The Bertz CT molecular complexity index is 921. The molecule has 0 saturated carbocycles. The van der Waals surface area contributed by atoms with Gasteiger partial charge in [0, 0.05) is 17.9 Å². The maximum absolute atomic E-state index is 12.6. The highest BCUT2D eigenvalue weighted by molar-refractivity contribution is 5.87. The quantitative estimate of drug-likeness (QED) is 0.151. The van der Waals surface area contributed by atoms with Crippen LogP contribution >= 0.6 is 0 Å². The third kappa shape index (κ3) is 6.69. The summed E-state index contributed by atoms with van der Waals surface area (Å²) in [6.07, 6.45) is 12.8. The molecular weight excluding hydrogens is 370 g/mol. The molecule has 0 radical (unpaired) electrons. The third-order valence-electron chi connectivity index (χ3n) is 5.59. The highest BCUT2D eigenvalue weighted by Gasteiger charge is 2.20. The van der Waals surface area contributed by atoms with Crippen molar-refractivity contribution in [3.05, 3.63) is 72.6 Å². The number of carbonyl (C=O) groups is 1. The summed E-state index contributed by atoms with van der Waals surface area (Å²) in [6, 6.07) is 19.7. The van der Waals surface area contributed by atoms with E-state index in [4.69, 9.17) is 4.74 Å². The summed E-state index contributed by atoms with van der Waals surface area (Å²) in [6.45, 7) is 3.20. The Hall–Kier alpha value is -2.68. The highest BCUT2D eigenvalue weighted by atomic mass is 16.5. The van der Waals surface area contributed by atoms with Crippen molar-refractivity contribution >= 4 is 16.7 Å². The first-order valence-electron chi connectivity index (χ1n) is 11.4. The number of para-hydroxylation sites is 1. The average Bonchev–Trinajstić information content (AvgIpc) is 2.77. The maximum Gasteiger partial charge on any atom is 0.321 e. The SMILES string of the molecule is CCCCCCCCCC[n+]1ccc2ccccc2c1CC(=O)Oc1ccccc1. The van der Waals surface area contributed by atoms with E-state index in [1.165, 1.54) is 44.9 Å². The van der Waals surface area contributed by atoms with Crippen LogP contribution in [0.15, 0.2) is 66.9 Å². The average molecular weight is 405 g/mol. The number of rotatable bonds is 12. The molecule has 0 bridgehead atoms. The highest BCUT2D eigenvalue weighted by Crippen LogP contribution is 2.18. The van der Waals surface area contributed by atoms with E-state index in [2.05, 4.69) is 35.9 Å². The number of carbonyl (C=O) groups excluding carboxylic acids is 1. The molecule has 158 valence electrons. The first kappa shape index (κ1) is 22.0. The number of hydrogen-bond donors (Lipinski definition) is 0. The molecule has 30 heavy (non-hydrogen) atoms. The van der Waals surface area contributed by atoms with E-state index in [1.54, 1.807) is 0 Å². The molecule has 3 nitrogen and oxygen atoms in total. The molecule has 3 rings (SSSR count). The van der Waals surface area contributed by atoms with Gasteiger partial charge in [-0.15, -0.1) is 0 Å². The van der Waals surface area contributed by atoms with Gasteiger partial charge in [-0.1, -0.05) is 81.8 Å². The van der Waals surface area contributed by atoms with Crippen LogP contribution < -0.4 is 9.30 Å². The lowest BCUT2D eigenvalue weighted by Crippen LogP contribution is -2.39. The number of benzene rings is 2. The molecular formula is C27H34NO2+. The molecule has 0 aliphatic heterocycles. The van der Waals surface area contributed by atoms with Crippen LogP contribution in [0.3, 0.4) is 0 Å². The second-order valence-corrected chi connectivity index (χ2v) is 7.98. The van der Waals surface area contributed by atoms with Crippen LogP contribution in [0.1, 0.15) is 64.0 Å². The number of esters is 1. The van der Waals surface area contributed by atoms with Crippen molar-refractivity contribution in [1.82, 2.24) is 0 Å². The molecule has 0 fully saturated rings.